The second-order valence-corrected chi connectivity index (χ2v) is 7.36. The second kappa shape index (κ2) is 8.64. The van der Waals surface area contributed by atoms with E-state index in [1.807, 2.05) is 20.8 Å². The zero-order valence-electron chi connectivity index (χ0n) is 15.1. The van der Waals surface area contributed by atoms with Gasteiger partial charge in [0.05, 0.1) is 12.7 Å². The SMILES string of the molecule is C#CC(=C(F)C(F)=C(C)COC1CCC(C)CC1)C(C)(C)CC. The van der Waals surface area contributed by atoms with Crippen LogP contribution in [0.25, 0.3) is 0 Å². The van der Waals surface area contributed by atoms with Crippen molar-refractivity contribution in [3.05, 3.63) is 22.8 Å². The van der Waals surface area contributed by atoms with Crippen LogP contribution in [0.2, 0.25) is 0 Å². The summed E-state index contributed by atoms with van der Waals surface area (Å²) in [5, 5.41) is 0. The second-order valence-electron chi connectivity index (χ2n) is 7.36. The highest BCUT2D eigenvalue weighted by Gasteiger charge is 2.26. The lowest BCUT2D eigenvalue weighted by Gasteiger charge is -2.26. The van der Waals surface area contributed by atoms with Crippen molar-refractivity contribution >= 4 is 0 Å². The van der Waals surface area contributed by atoms with E-state index < -0.39 is 17.1 Å². The van der Waals surface area contributed by atoms with Crippen molar-refractivity contribution < 1.29 is 13.5 Å². The fourth-order valence-corrected chi connectivity index (χ4v) is 2.73. The maximum Gasteiger partial charge on any atom is 0.170 e. The first-order valence-electron chi connectivity index (χ1n) is 8.57. The molecular weight excluding hydrogens is 294 g/mol. The van der Waals surface area contributed by atoms with Crippen molar-refractivity contribution in [3.8, 4) is 12.3 Å². The van der Waals surface area contributed by atoms with Gasteiger partial charge in [0.25, 0.3) is 0 Å². The van der Waals surface area contributed by atoms with Gasteiger partial charge in [-0.15, -0.1) is 6.42 Å². The summed E-state index contributed by atoms with van der Waals surface area (Å²) in [6.45, 7) is 9.47. The Hall–Kier alpha value is -1.14. The Morgan fingerprint density at radius 2 is 1.74 bits per heavy atom. The van der Waals surface area contributed by atoms with Gasteiger partial charge in [0, 0.05) is 11.0 Å². The van der Waals surface area contributed by atoms with Gasteiger partial charge in [-0.25, -0.2) is 8.78 Å². The molecule has 0 spiro atoms. The van der Waals surface area contributed by atoms with Crippen molar-refractivity contribution in [2.45, 2.75) is 72.8 Å². The van der Waals surface area contributed by atoms with Gasteiger partial charge in [-0.05, 0) is 50.5 Å². The van der Waals surface area contributed by atoms with Crippen molar-refractivity contribution in [1.82, 2.24) is 0 Å². The lowest BCUT2D eigenvalue weighted by atomic mass is 9.81. The van der Waals surface area contributed by atoms with Gasteiger partial charge in [0.2, 0.25) is 0 Å². The highest BCUT2D eigenvalue weighted by Crippen LogP contribution is 2.36. The van der Waals surface area contributed by atoms with Crippen LogP contribution in [-0.4, -0.2) is 12.7 Å². The Labute approximate surface area is 140 Å². The van der Waals surface area contributed by atoms with E-state index in [9.17, 15) is 8.78 Å². The van der Waals surface area contributed by atoms with Crippen molar-refractivity contribution in [3.63, 3.8) is 0 Å². The van der Waals surface area contributed by atoms with Gasteiger partial charge >= 0.3 is 0 Å². The van der Waals surface area contributed by atoms with Crippen molar-refractivity contribution in [2.24, 2.45) is 11.3 Å². The van der Waals surface area contributed by atoms with Gasteiger partial charge in [0.1, 0.15) is 0 Å². The average Bonchev–Trinajstić information content (AvgIpc) is 2.53. The Balaban J connectivity index is 2.81. The third-order valence-corrected chi connectivity index (χ3v) is 4.99. The van der Waals surface area contributed by atoms with E-state index in [1.54, 1.807) is 6.92 Å². The molecule has 0 aliphatic heterocycles. The van der Waals surface area contributed by atoms with E-state index >= 15 is 0 Å². The zero-order valence-corrected chi connectivity index (χ0v) is 15.1. The molecule has 0 aromatic heterocycles. The fraction of sp³-hybridized carbons (Fsp3) is 0.700. The van der Waals surface area contributed by atoms with Gasteiger partial charge in [-0.1, -0.05) is 33.6 Å². The summed E-state index contributed by atoms with van der Waals surface area (Å²) in [5.74, 6) is 1.27. The predicted molar refractivity (Wildman–Crippen MR) is 92.2 cm³/mol. The summed E-state index contributed by atoms with van der Waals surface area (Å²) in [6, 6.07) is 0. The first kappa shape index (κ1) is 19.9. The largest absolute Gasteiger partial charge is 0.374 e. The Kier molecular flexibility index (Phi) is 7.48. The summed E-state index contributed by atoms with van der Waals surface area (Å²) in [7, 11) is 0. The van der Waals surface area contributed by atoms with Crippen LogP contribution in [-0.2, 0) is 4.74 Å². The molecule has 0 saturated heterocycles. The van der Waals surface area contributed by atoms with Crippen molar-refractivity contribution in [1.29, 1.82) is 0 Å². The molecule has 0 heterocycles. The molecule has 1 saturated carbocycles. The van der Waals surface area contributed by atoms with Gasteiger partial charge in [0.15, 0.2) is 11.7 Å². The van der Waals surface area contributed by atoms with E-state index in [4.69, 9.17) is 11.2 Å². The predicted octanol–water partition coefficient (Wildman–Crippen LogP) is 6.12. The van der Waals surface area contributed by atoms with E-state index in [-0.39, 0.29) is 23.9 Å². The Morgan fingerprint density at radius 3 is 2.22 bits per heavy atom. The van der Waals surface area contributed by atoms with Gasteiger partial charge in [-0.2, -0.15) is 0 Å². The fourth-order valence-electron chi connectivity index (χ4n) is 2.73. The van der Waals surface area contributed by atoms with Gasteiger partial charge < -0.3 is 4.74 Å². The number of terminal acetylenes is 1. The molecule has 1 fully saturated rings. The molecule has 1 nitrogen and oxygen atoms in total. The first-order valence-corrected chi connectivity index (χ1v) is 8.57. The summed E-state index contributed by atoms with van der Waals surface area (Å²) in [6.07, 6.45) is 10.5. The quantitative estimate of drug-likeness (QED) is 0.422. The number of hydrogen-bond donors (Lipinski definition) is 0. The average molecular weight is 324 g/mol. The van der Waals surface area contributed by atoms with Crippen LogP contribution < -0.4 is 0 Å². The minimum absolute atomic E-state index is 0.0864. The number of rotatable bonds is 6. The molecule has 0 bridgehead atoms. The van der Waals surface area contributed by atoms with Crippen LogP contribution in [0.15, 0.2) is 22.8 Å². The maximum atomic E-state index is 14.5. The molecule has 0 unspecified atom stereocenters. The molecule has 1 aliphatic carbocycles. The molecular formula is C20H30F2O. The summed E-state index contributed by atoms with van der Waals surface area (Å²) in [5.41, 5.74) is -0.208. The molecule has 1 aliphatic rings. The number of hydrogen-bond acceptors (Lipinski definition) is 1. The highest BCUT2D eigenvalue weighted by molar-refractivity contribution is 5.41. The van der Waals surface area contributed by atoms with E-state index in [0.29, 0.717) is 6.42 Å². The smallest absolute Gasteiger partial charge is 0.170 e. The summed E-state index contributed by atoms with van der Waals surface area (Å²) in [4.78, 5) is 0. The third-order valence-electron chi connectivity index (χ3n) is 4.99. The minimum atomic E-state index is -0.919. The summed E-state index contributed by atoms with van der Waals surface area (Å²) < 4.78 is 34.6. The lowest BCUT2D eigenvalue weighted by Crippen LogP contribution is -2.21. The van der Waals surface area contributed by atoms with Crippen LogP contribution in [0.4, 0.5) is 8.78 Å². The molecule has 0 N–H and O–H groups in total. The molecule has 130 valence electrons. The van der Waals surface area contributed by atoms with Crippen LogP contribution in [0.3, 0.4) is 0 Å². The molecule has 0 aromatic carbocycles. The summed E-state index contributed by atoms with van der Waals surface area (Å²) >= 11 is 0. The normalized spacial score (nSPS) is 24.6. The molecule has 0 aromatic rings. The van der Waals surface area contributed by atoms with Crippen LogP contribution in [0.1, 0.15) is 66.7 Å². The lowest BCUT2D eigenvalue weighted by molar-refractivity contribution is 0.0323. The molecule has 0 atom stereocenters. The standard InChI is InChI=1S/C20H30F2O/c1-7-17(20(5,6)8-2)19(22)18(21)15(4)13-23-16-11-9-14(3)10-12-16/h1,14,16H,8-13H2,2-6H3. The van der Waals surface area contributed by atoms with Crippen LogP contribution in [0.5, 0.6) is 0 Å². The molecule has 23 heavy (non-hydrogen) atoms. The first-order chi connectivity index (χ1) is 10.7. The topological polar surface area (TPSA) is 9.23 Å². The molecule has 0 radical (unpaired) electrons. The minimum Gasteiger partial charge on any atom is -0.374 e. The molecule has 1 rings (SSSR count). The van der Waals surface area contributed by atoms with E-state index in [2.05, 4.69) is 12.8 Å². The number of allylic oxidation sites excluding steroid dienone is 3. The van der Waals surface area contributed by atoms with Crippen LogP contribution in [0, 0.1) is 23.7 Å². The van der Waals surface area contributed by atoms with E-state index in [1.165, 1.54) is 0 Å². The molecule has 3 heteroatoms. The highest BCUT2D eigenvalue weighted by atomic mass is 19.2. The number of ether oxygens (including phenoxy) is 1. The monoisotopic (exact) mass is 324 g/mol. The van der Waals surface area contributed by atoms with Crippen molar-refractivity contribution in [2.75, 3.05) is 6.61 Å². The molecule has 0 amide bonds. The van der Waals surface area contributed by atoms with E-state index in [0.717, 1.165) is 31.6 Å². The van der Waals surface area contributed by atoms with Gasteiger partial charge in [-0.3, -0.25) is 0 Å². The third kappa shape index (κ3) is 5.46. The Bertz CT molecular complexity index is 500. The zero-order chi connectivity index (χ0) is 17.6. The maximum absolute atomic E-state index is 14.5. The Morgan fingerprint density at radius 1 is 1.17 bits per heavy atom. The van der Waals surface area contributed by atoms with Crippen LogP contribution >= 0.6 is 0 Å². The number of halogens is 2.